The van der Waals surface area contributed by atoms with E-state index in [1.807, 2.05) is 7.05 Å². The minimum atomic E-state index is 0.541. The Labute approximate surface area is 92.9 Å². The van der Waals surface area contributed by atoms with Crippen molar-refractivity contribution in [2.24, 2.45) is 0 Å². The fourth-order valence-corrected chi connectivity index (χ4v) is 3.23. The third-order valence-electron chi connectivity index (χ3n) is 2.90. The molecular weight excluding hydrogens is 210 g/mol. The lowest BCUT2D eigenvalue weighted by Crippen LogP contribution is -2.30. The summed E-state index contributed by atoms with van der Waals surface area (Å²) in [6.45, 7) is 0. The third kappa shape index (κ3) is 1.85. The normalized spacial score (nSPS) is 19.7. The highest BCUT2D eigenvalue weighted by molar-refractivity contribution is 7.16. The number of carbonyl (C=O) groups excluding carboxylic acids is 1. The van der Waals surface area contributed by atoms with Gasteiger partial charge in [-0.05, 0) is 31.9 Å². The first-order chi connectivity index (χ1) is 7.26. The Morgan fingerprint density at radius 2 is 2.40 bits per heavy atom. The molecule has 0 spiro atoms. The first kappa shape index (κ1) is 10.4. The molecule has 0 fully saturated rings. The molecule has 1 amide bonds. The minimum absolute atomic E-state index is 0.541. The van der Waals surface area contributed by atoms with Crippen LogP contribution in [0.1, 0.15) is 16.9 Å². The van der Waals surface area contributed by atoms with Crippen LogP contribution in [0.2, 0.25) is 0 Å². The van der Waals surface area contributed by atoms with Gasteiger partial charge in [0.15, 0.2) is 0 Å². The molecule has 1 unspecified atom stereocenters. The van der Waals surface area contributed by atoms with Gasteiger partial charge in [-0.25, -0.2) is 0 Å². The van der Waals surface area contributed by atoms with Gasteiger partial charge in [-0.2, -0.15) is 0 Å². The molecule has 0 radical (unpaired) electrons. The maximum absolute atomic E-state index is 10.5. The van der Waals surface area contributed by atoms with Crippen molar-refractivity contribution in [2.45, 2.75) is 25.3 Å². The number of nitrogens with two attached hydrogens (primary N) is 1. The van der Waals surface area contributed by atoms with E-state index in [1.54, 1.807) is 11.3 Å². The van der Waals surface area contributed by atoms with Gasteiger partial charge in [-0.15, -0.1) is 11.3 Å². The molecule has 82 valence electrons. The van der Waals surface area contributed by atoms with Crippen LogP contribution < -0.4 is 16.4 Å². The van der Waals surface area contributed by atoms with Crippen molar-refractivity contribution in [1.82, 2.24) is 5.32 Å². The Morgan fingerprint density at radius 1 is 1.60 bits per heavy atom. The van der Waals surface area contributed by atoms with Crippen LogP contribution in [0, 0.1) is 0 Å². The van der Waals surface area contributed by atoms with Gasteiger partial charge >= 0.3 is 0 Å². The Bertz CT molecular complexity index is 375. The standard InChI is InChI=1S/C10H15N3OS/c1-12-6-2-3-7-8(4-6)15-10(11)9(7)13-5-14/h5-6,12H,2-4,11H2,1H3,(H,13,14). The van der Waals surface area contributed by atoms with Gasteiger partial charge in [0, 0.05) is 10.9 Å². The van der Waals surface area contributed by atoms with Crippen LogP contribution in [0.3, 0.4) is 0 Å². The fourth-order valence-electron chi connectivity index (χ4n) is 2.07. The maximum Gasteiger partial charge on any atom is 0.211 e. The number of amides is 1. The predicted octanol–water partition coefficient (Wildman–Crippen LogP) is 0.975. The second kappa shape index (κ2) is 4.20. The van der Waals surface area contributed by atoms with Crippen LogP contribution in [0.5, 0.6) is 0 Å². The van der Waals surface area contributed by atoms with Gasteiger partial charge in [0.25, 0.3) is 0 Å². The first-order valence-electron chi connectivity index (χ1n) is 5.03. The molecule has 0 aromatic carbocycles. The van der Waals surface area contributed by atoms with E-state index in [4.69, 9.17) is 5.73 Å². The van der Waals surface area contributed by atoms with E-state index in [-0.39, 0.29) is 0 Å². The second-order valence-electron chi connectivity index (χ2n) is 3.73. The van der Waals surface area contributed by atoms with Crippen LogP contribution in [0.25, 0.3) is 0 Å². The van der Waals surface area contributed by atoms with E-state index >= 15 is 0 Å². The molecule has 0 saturated carbocycles. The van der Waals surface area contributed by atoms with Gasteiger partial charge in [0.1, 0.15) is 5.00 Å². The summed E-state index contributed by atoms with van der Waals surface area (Å²) < 4.78 is 0. The lowest BCUT2D eigenvalue weighted by molar-refractivity contribution is -0.105. The molecule has 1 aliphatic rings. The number of hydrogen-bond acceptors (Lipinski definition) is 4. The number of hydrogen-bond donors (Lipinski definition) is 3. The minimum Gasteiger partial charge on any atom is -0.389 e. The number of anilines is 2. The largest absolute Gasteiger partial charge is 0.389 e. The lowest BCUT2D eigenvalue weighted by atomic mass is 9.94. The van der Waals surface area contributed by atoms with Crippen molar-refractivity contribution in [3.8, 4) is 0 Å². The third-order valence-corrected chi connectivity index (χ3v) is 3.99. The summed E-state index contributed by atoms with van der Waals surface area (Å²) in [5.74, 6) is 0. The molecule has 1 atom stereocenters. The van der Waals surface area contributed by atoms with E-state index in [2.05, 4.69) is 10.6 Å². The molecule has 1 heterocycles. The summed E-state index contributed by atoms with van der Waals surface area (Å²) in [5.41, 5.74) is 7.94. The van der Waals surface area contributed by atoms with Gasteiger partial charge in [-0.1, -0.05) is 0 Å². The van der Waals surface area contributed by atoms with Gasteiger partial charge in [-0.3, -0.25) is 4.79 Å². The van der Waals surface area contributed by atoms with Gasteiger partial charge in [0.2, 0.25) is 6.41 Å². The molecular formula is C10H15N3OS. The zero-order valence-electron chi connectivity index (χ0n) is 8.67. The molecule has 5 heteroatoms. The Morgan fingerprint density at radius 3 is 3.07 bits per heavy atom. The van der Waals surface area contributed by atoms with Crippen LogP contribution in [-0.2, 0) is 17.6 Å². The van der Waals surface area contributed by atoms with E-state index in [9.17, 15) is 4.79 Å². The Hall–Kier alpha value is -1.07. The molecule has 1 aliphatic carbocycles. The quantitative estimate of drug-likeness (QED) is 0.672. The van der Waals surface area contributed by atoms with Crippen LogP contribution in [0.4, 0.5) is 10.7 Å². The second-order valence-corrected chi connectivity index (χ2v) is 4.87. The Kier molecular flexibility index (Phi) is 2.93. The van der Waals surface area contributed by atoms with E-state index in [0.717, 1.165) is 30.0 Å². The summed E-state index contributed by atoms with van der Waals surface area (Å²) in [4.78, 5) is 11.8. The van der Waals surface area contributed by atoms with Crippen molar-refractivity contribution >= 4 is 28.4 Å². The fraction of sp³-hybridized carbons (Fsp3) is 0.500. The van der Waals surface area contributed by atoms with Crippen molar-refractivity contribution < 1.29 is 4.79 Å². The summed E-state index contributed by atoms with van der Waals surface area (Å²) in [5, 5.41) is 6.71. The summed E-state index contributed by atoms with van der Waals surface area (Å²) in [6, 6.07) is 0.541. The van der Waals surface area contributed by atoms with Crippen LogP contribution >= 0.6 is 11.3 Å². The maximum atomic E-state index is 10.5. The number of carbonyl (C=O) groups is 1. The molecule has 0 aliphatic heterocycles. The monoisotopic (exact) mass is 225 g/mol. The average Bonchev–Trinajstić information content (AvgIpc) is 2.55. The topological polar surface area (TPSA) is 67.2 Å². The number of nitrogens with one attached hydrogen (secondary N) is 2. The molecule has 4 nitrogen and oxygen atoms in total. The summed E-state index contributed by atoms with van der Waals surface area (Å²) in [6.07, 6.45) is 3.81. The zero-order valence-corrected chi connectivity index (χ0v) is 9.49. The molecule has 2 rings (SSSR count). The lowest BCUT2D eigenvalue weighted by Gasteiger charge is -2.21. The van der Waals surface area contributed by atoms with Crippen molar-refractivity contribution in [3.63, 3.8) is 0 Å². The predicted molar refractivity (Wildman–Crippen MR) is 63.3 cm³/mol. The van der Waals surface area contributed by atoms with E-state index in [1.165, 1.54) is 10.4 Å². The van der Waals surface area contributed by atoms with E-state index < -0.39 is 0 Å². The molecule has 0 bridgehead atoms. The highest BCUT2D eigenvalue weighted by Crippen LogP contribution is 2.39. The average molecular weight is 225 g/mol. The summed E-state index contributed by atoms with van der Waals surface area (Å²) in [7, 11) is 1.98. The molecule has 1 aromatic rings. The summed E-state index contributed by atoms with van der Waals surface area (Å²) >= 11 is 1.59. The molecule has 15 heavy (non-hydrogen) atoms. The van der Waals surface area contributed by atoms with E-state index in [0.29, 0.717) is 12.5 Å². The number of rotatable bonds is 3. The van der Waals surface area contributed by atoms with Crippen molar-refractivity contribution in [3.05, 3.63) is 10.4 Å². The molecule has 1 aromatic heterocycles. The van der Waals surface area contributed by atoms with Gasteiger partial charge < -0.3 is 16.4 Å². The van der Waals surface area contributed by atoms with Crippen molar-refractivity contribution in [1.29, 1.82) is 0 Å². The van der Waals surface area contributed by atoms with Crippen LogP contribution in [-0.4, -0.2) is 19.5 Å². The number of likely N-dealkylation sites (N-methyl/N-ethyl adjacent to an activating group) is 1. The smallest absolute Gasteiger partial charge is 0.211 e. The SMILES string of the molecule is CNC1CCc2c(sc(N)c2NC=O)C1. The highest BCUT2D eigenvalue weighted by atomic mass is 32.1. The number of nitrogen functional groups attached to an aromatic ring is 1. The zero-order chi connectivity index (χ0) is 10.8. The molecule has 4 N–H and O–H groups in total. The molecule has 0 saturated heterocycles. The van der Waals surface area contributed by atoms with Crippen molar-refractivity contribution in [2.75, 3.05) is 18.1 Å². The number of fused-ring (bicyclic) bond motifs is 1. The Balaban J connectivity index is 2.30. The first-order valence-corrected chi connectivity index (χ1v) is 5.85. The van der Waals surface area contributed by atoms with Gasteiger partial charge in [0.05, 0.1) is 5.69 Å². The number of thiophene rings is 1. The highest BCUT2D eigenvalue weighted by Gasteiger charge is 2.23. The van der Waals surface area contributed by atoms with Crippen LogP contribution in [0.15, 0.2) is 0 Å².